The molecule has 2 unspecified atom stereocenters. The largest absolute Gasteiger partial charge is 0.323 e. The first-order chi connectivity index (χ1) is 10.3. The lowest BCUT2D eigenvalue weighted by Gasteiger charge is -2.37. The summed E-state index contributed by atoms with van der Waals surface area (Å²) in [7, 11) is 0. The van der Waals surface area contributed by atoms with Crippen LogP contribution in [0.3, 0.4) is 0 Å². The summed E-state index contributed by atoms with van der Waals surface area (Å²) in [6.45, 7) is 2.86. The van der Waals surface area contributed by atoms with E-state index in [0.29, 0.717) is 6.04 Å². The topological polar surface area (TPSA) is 60.0 Å². The Balaban J connectivity index is 1.61. The molecule has 0 spiro atoms. The predicted octanol–water partition coefficient (Wildman–Crippen LogP) is 1.50. The molecule has 1 aromatic heterocycles. The molecule has 1 aromatic carbocycles. The van der Waals surface area contributed by atoms with E-state index in [9.17, 15) is 0 Å². The van der Waals surface area contributed by atoms with Gasteiger partial charge in [-0.3, -0.25) is 4.90 Å². The van der Waals surface area contributed by atoms with Crippen LogP contribution in [0.1, 0.15) is 35.8 Å². The maximum Gasteiger partial charge on any atom is 0.147 e. The van der Waals surface area contributed by atoms with Crippen molar-refractivity contribution in [3.8, 4) is 0 Å². The minimum absolute atomic E-state index is 0.0955. The van der Waals surface area contributed by atoms with Crippen molar-refractivity contribution in [1.82, 2.24) is 19.7 Å². The van der Waals surface area contributed by atoms with E-state index in [0.717, 1.165) is 38.3 Å². The van der Waals surface area contributed by atoms with Gasteiger partial charge < -0.3 is 10.3 Å². The van der Waals surface area contributed by atoms with Gasteiger partial charge in [-0.1, -0.05) is 24.3 Å². The quantitative estimate of drug-likeness (QED) is 0.806. The Kier molecular flexibility index (Phi) is 3.24. The average molecular weight is 283 g/mol. The van der Waals surface area contributed by atoms with E-state index in [2.05, 4.69) is 43.9 Å². The number of nitrogens with two attached hydrogens (primary N) is 1. The fourth-order valence-corrected chi connectivity index (χ4v) is 3.75. The van der Waals surface area contributed by atoms with E-state index in [4.69, 9.17) is 5.73 Å². The lowest BCUT2D eigenvalue weighted by Crippen LogP contribution is -2.46. The van der Waals surface area contributed by atoms with Crippen LogP contribution in [0, 0.1) is 0 Å². The van der Waals surface area contributed by atoms with Gasteiger partial charge in [0.2, 0.25) is 0 Å². The Morgan fingerprint density at radius 3 is 3.05 bits per heavy atom. The minimum atomic E-state index is 0.0955. The molecule has 0 saturated heterocycles. The molecule has 1 aliphatic heterocycles. The zero-order chi connectivity index (χ0) is 14.2. The highest BCUT2D eigenvalue weighted by molar-refractivity contribution is 5.32. The molecule has 5 nitrogen and oxygen atoms in total. The van der Waals surface area contributed by atoms with Crippen molar-refractivity contribution in [3.05, 3.63) is 47.5 Å². The van der Waals surface area contributed by atoms with Gasteiger partial charge in [0, 0.05) is 25.2 Å². The van der Waals surface area contributed by atoms with Crippen molar-refractivity contribution in [2.24, 2.45) is 5.73 Å². The van der Waals surface area contributed by atoms with Crippen LogP contribution in [0.5, 0.6) is 0 Å². The van der Waals surface area contributed by atoms with Crippen LogP contribution in [-0.2, 0) is 19.5 Å². The number of hydrogen-bond donors (Lipinski definition) is 1. The highest BCUT2D eigenvalue weighted by Gasteiger charge is 2.31. The minimum Gasteiger partial charge on any atom is -0.323 e. The lowest BCUT2D eigenvalue weighted by molar-refractivity contribution is 0.125. The highest BCUT2D eigenvalue weighted by atomic mass is 15.3. The molecule has 2 heterocycles. The van der Waals surface area contributed by atoms with Crippen LogP contribution in [0.15, 0.2) is 30.6 Å². The standard InChI is InChI=1S/C16H21N5/c17-16-13-6-2-1-4-12(13)5-3-7-14(16)20-8-9-21-11-18-19-15(21)10-20/h1-2,4,6,11,14,16H,3,5,7-10,17H2. The van der Waals surface area contributed by atoms with Crippen LogP contribution in [0.4, 0.5) is 0 Å². The summed E-state index contributed by atoms with van der Waals surface area (Å²) >= 11 is 0. The molecule has 2 aromatic rings. The Labute approximate surface area is 124 Å². The second-order valence-electron chi connectivity index (χ2n) is 6.10. The fraction of sp³-hybridized carbons (Fsp3) is 0.500. The number of aryl methyl sites for hydroxylation is 1. The normalized spacial score (nSPS) is 26.0. The molecule has 21 heavy (non-hydrogen) atoms. The molecule has 0 saturated carbocycles. The molecule has 2 atom stereocenters. The first kappa shape index (κ1) is 13.0. The van der Waals surface area contributed by atoms with Crippen LogP contribution in [0.2, 0.25) is 0 Å². The van der Waals surface area contributed by atoms with Gasteiger partial charge in [0.1, 0.15) is 12.2 Å². The summed E-state index contributed by atoms with van der Waals surface area (Å²) in [5.74, 6) is 1.06. The van der Waals surface area contributed by atoms with Crippen molar-refractivity contribution < 1.29 is 0 Å². The van der Waals surface area contributed by atoms with Crippen LogP contribution < -0.4 is 5.73 Å². The van der Waals surface area contributed by atoms with E-state index in [1.807, 2.05) is 6.33 Å². The molecule has 2 aliphatic rings. The van der Waals surface area contributed by atoms with Gasteiger partial charge in [-0.15, -0.1) is 10.2 Å². The molecule has 0 fully saturated rings. The SMILES string of the molecule is NC1c2ccccc2CCCC1N1CCn2cnnc2C1. The van der Waals surface area contributed by atoms with Crippen LogP contribution in [-0.4, -0.2) is 32.3 Å². The van der Waals surface area contributed by atoms with Crippen molar-refractivity contribution in [3.63, 3.8) is 0 Å². The summed E-state index contributed by atoms with van der Waals surface area (Å²) in [5, 5.41) is 8.24. The fourth-order valence-electron chi connectivity index (χ4n) is 3.75. The number of benzene rings is 1. The van der Waals surface area contributed by atoms with Gasteiger partial charge >= 0.3 is 0 Å². The number of nitrogens with zero attached hydrogens (tertiary/aromatic N) is 4. The van der Waals surface area contributed by atoms with Crippen molar-refractivity contribution >= 4 is 0 Å². The van der Waals surface area contributed by atoms with Gasteiger partial charge in [0.25, 0.3) is 0 Å². The van der Waals surface area contributed by atoms with Gasteiger partial charge in [0.15, 0.2) is 0 Å². The first-order valence-corrected chi connectivity index (χ1v) is 7.77. The molecule has 0 bridgehead atoms. The van der Waals surface area contributed by atoms with Gasteiger partial charge in [-0.25, -0.2) is 0 Å². The predicted molar refractivity (Wildman–Crippen MR) is 80.5 cm³/mol. The molecule has 4 rings (SSSR count). The number of hydrogen-bond acceptors (Lipinski definition) is 4. The van der Waals surface area contributed by atoms with Gasteiger partial charge in [-0.2, -0.15) is 0 Å². The maximum atomic E-state index is 6.63. The second kappa shape index (κ2) is 5.24. The number of rotatable bonds is 1. The molecular weight excluding hydrogens is 262 g/mol. The number of aromatic nitrogens is 3. The van der Waals surface area contributed by atoms with Crippen molar-refractivity contribution in [1.29, 1.82) is 0 Å². The van der Waals surface area contributed by atoms with Gasteiger partial charge in [-0.05, 0) is 30.4 Å². The summed E-state index contributed by atoms with van der Waals surface area (Å²) in [6.07, 6.45) is 5.34. The molecular formula is C16H21N5. The van der Waals surface area contributed by atoms with E-state index in [-0.39, 0.29) is 6.04 Å². The van der Waals surface area contributed by atoms with Crippen LogP contribution >= 0.6 is 0 Å². The molecule has 1 aliphatic carbocycles. The van der Waals surface area contributed by atoms with E-state index >= 15 is 0 Å². The average Bonchev–Trinajstić information content (AvgIpc) is 2.92. The third-order valence-corrected chi connectivity index (χ3v) is 4.91. The smallest absolute Gasteiger partial charge is 0.147 e. The van der Waals surface area contributed by atoms with E-state index in [1.165, 1.54) is 17.5 Å². The maximum absolute atomic E-state index is 6.63. The Bertz CT molecular complexity index is 635. The number of fused-ring (bicyclic) bond motifs is 2. The Morgan fingerprint density at radius 1 is 1.19 bits per heavy atom. The summed E-state index contributed by atoms with van der Waals surface area (Å²) in [5.41, 5.74) is 9.38. The monoisotopic (exact) mass is 283 g/mol. The zero-order valence-corrected chi connectivity index (χ0v) is 12.2. The molecule has 5 heteroatoms. The Morgan fingerprint density at radius 2 is 2.10 bits per heavy atom. The summed E-state index contributed by atoms with van der Waals surface area (Å²) in [6, 6.07) is 9.15. The molecule has 2 N–H and O–H groups in total. The van der Waals surface area contributed by atoms with Crippen molar-refractivity contribution in [2.45, 2.75) is 44.4 Å². The molecule has 110 valence electrons. The third kappa shape index (κ3) is 2.26. The zero-order valence-electron chi connectivity index (χ0n) is 12.2. The highest BCUT2D eigenvalue weighted by Crippen LogP contribution is 2.31. The molecule has 0 radical (unpaired) electrons. The Hall–Kier alpha value is -1.72. The lowest BCUT2D eigenvalue weighted by atomic mass is 9.95. The van der Waals surface area contributed by atoms with Crippen molar-refractivity contribution in [2.75, 3.05) is 6.54 Å². The van der Waals surface area contributed by atoms with Gasteiger partial charge in [0.05, 0.1) is 6.54 Å². The summed E-state index contributed by atoms with van der Waals surface area (Å²) in [4.78, 5) is 2.50. The first-order valence-electron chi connectivity index (χ1n) is 7.77. The molecule has 0 amide bonds. The van der Waals surface area contributed by atoms with E-state index in [1.54, 1.807) is 0 Å². The van der Waals surface area contributed by atoms with E-state index < -0.39 is 0 Å². The summed E-state index contributed by atoms with van der Waals surface area (Å²) < 4.78 is 2.15. The van der Waals surface area contributed by atoms with Crippen LogP contribution in [0.25, 0.3) is 0 Å². The second-order valence-corrected chi connectivity index (χ2v) is 6.10. The third-order valence-electron chi connectivity index (χ3n) is 4.91.